The van der Waals surface area contributed by atoms with Crippen LogP contribution in [0.1, 0.15) is 49.1 Å². The Hall–Kier alpha value is -1.29. The van der Waals surface area contributed by atoms with Gasteiger partial charge in [0.05, 0.1) is 12.6 Å². The first-order valence-corrected chi connectivity index (χ1v) is 6.21. The van der Waals surface area contributed by atoms with E-state index in [2.05, 4.69) is 26.1 Å². The van der Waals surface area contributed by atoms with Gasteiger partial charge >= 0.3 is 0 Å². The van der Waals surface area contributed by atoms with E-state index >= 15 is 0 Å². The molecule has 1 aromatic heterocycles. The molecule has 0 aliphatic heterocycles. The molecule has 1 unspecified atom stereocenters. The molecule has 102 valence electrons. The van der Waals surface area contributed by atoms with Crippen molar-refractivity contribution in [2.45, 2.75) is 47.1 Å². The molecule has 0 radical (unpaired) electrons. The summed E-state index contributed by atoms with van der Waals surface area (Å²) in [6.45, 7) is 9.80. The maximum Gasteiger partial charge on any atom is 0.287 e. The Labute approximate surface area is 108 Å². The lowest BCUT2D eigenvalue weighted by Crippen LogP contribution is -2.40. The predicted molar refractivity (Wildman–Crippen MR) is 70.6 cm³/mol. The number of furan rings is 1. The van der Waals surface area contributed by atoms with E-state index in [1.165, 1.54) is 0 Å². The van der Waals surface area contributed by atoms with Gasteiger partial charge < -0.3 is 14.8 Å². The van der Waals surface area contributed by atoms with Gasteiger partial charge in [0.15, 0.2) is 5.76 Å². The smallest absolute Gasteiger partial charge is 0.287 e. The molecule has 1 atom stereocenters. The summed E-state index contributed by atoms with van der Waals surface area (Å²) in [5.41, 5.74) is 0.867. The number of carbonyl (C=O) groups excluding carboxylic acids is 1. The van der Waals surface area contributed by atoms with E-state index in [0.29, 0.717) is 17.9 Å². The van der Waals surface area contributed by atoms with Gasteiger partial charge in [0.1, 0.15) is 5.76 Å². The third-order valence-corrected chi connectivity index (χ3v) is 2.66. The molecular formula is C14H23NO3. The Morgan fingerprint density at radius 2 is 2.06 bits per heavy atom. The van der Waals surface area contributed by atoms with Gasteiger partial charge in [-0.05, 0) is 31.7 Å². The average Bonchev–Trinajstić information content (AvgIpc) is 2.54. The van der Waals surface area contributed by atoms with E-state index in [-0.39, 0.29) is 24.0 Å². The molecule has 0 saturated heterocycles. The van der Waals surface area contributed by atoms with Crippen LogP contribution in [0.15, 0.2) is 10.5 Å². The second kappa shape index (κ2) is 5.57. The molecule has 0 bridgehead atoms. The number of amides is 1. The highest BCUT2D eigenvalue weighted by Crippen LogP contribution is 2.21. The van der Waals surface area contributed by atoms with E-state index in [1.54, 1.807) is 0 Å². The first-order valence-electron chi connectivity index (χ1n) is 6.21. The minimum atomic E-state index is -0.260. The maximum absolute atomic E-state index is 12.0. The van der Waals surface area contributed by atoms with Crippen LogP contribution < -0.4 is 5.32 Å². The third-order valence-electron chi connectivity index (χ3n) is 2.66. The molecular weight excluding hydrogens is 230 g/mol. The molecule has 18 heavy (non-hydrogen) atoms. The summed E-state index contributed by atoms with van der Waals surface area (Å²) in [7, 11) is 0. The van der Waals surface area contributed by atoms with Gasteiger partial charge in [-0.2, -0.15) is 0 Å². The van der Waals surface area contributed by atoms with Crippen LogP contribution in [-0.2, 0) is 0 Å². The van der Waals surface area contributed by atoms with Crippen LogP contribution in [0.5, 0.6) is 0 Å². The van der Waals surface area contributed by atoms with Gasteiger partial charge in [-0.15, -0.1) is 0 Å². The van der Waals surface area contributed by atoms with Crippen molar-refractivity contribution in [2.24, 2.45) is 5.41 Å². The van der Waals surface area contributed by atoms with Gasteiger partial charge in [0, 0.05) is 5.56 Å². The van der Waals surface area contributed by atoms with Crippen LogP contribution in [0.2, 0.25) is 0 Å². The highest BCUT2D eigenvalue weighted by atomic mass is 16.3. The zero-order valence-corrected chi connectivity index (χ0v) is 11.8. The summed E-state index contributed by atoms with van der Waals surface area (Å²) < 4.78 is 5.36. The van der Waals surface area contributed by atoms with Crippen molar-refractivity contribution in [1.29, 1.82) is 0 Å². The molecule has 1 aromatic rings. The lowest BCUT2D eigenvalue weighted by Gasteiger charge is -2.25. The Bertz CT molecular complexity index is 415. The number of nitrogens with one attached hydrogen (secondary N) is 1. The van der Waals surface area contributed by atoms with Gasteiger partial charge in [-0.1, -0.05) is 20.8 Å². The first kappa shape index (κ1) is 14.8. The number of carbonyl (C=O) groups is 1. The van der Waals surface area contributed by atoms with Crippen LogP contribution in [-0.4, -0.2) is 23.7 Å². The zero-order chi connectivity index (χ0) is 13.9. The van der Waals surface area contributed by atoms with Crippen molar-refractivity contribution >= 4 is 5.91 Å². The van der Waals surface area contributed by atoms with Gasteiger partial charge in [-0.3, -0.25) is 4.79 Å². The summed E-state index contributed by atoms with van der Waals surface area (Å²) in [5.74, 6) is 0.790. The number of aliphatic hydroxyl groups excluding tert-OH is 1. The Balaban J connectivity index is 2.71. The largest absolute Gasteiger partial charge is 0.456 e. The molecule has 0 aliphatic carbocycles. The van der Waals surface area contributed by atoms with E-state index in [1.807, 2.05) is 19.9 Å². The fraction of sp³-hybridized carbons (Fsp3) is 0.643. The quantitative estimate of drug-likeness (QED) is 0.866. The monoisotopic (exact) mass is 253 g/mol. The average molecular weight is 253 g/mol. The van der Waals surface area contributed by atoms with Crippen molar-refractivity contribution in [2.75, 3.05) is 6.61 Å². The van der Waals surface area contributed by atoms with E-state index in [9.17, 15) is 9.90 Å². The molecule has 0 saturated carbocycles. The standard InChI is InChI=1S/C14H23NO3/c1-9-6-10(2)18-12(9)13(17)15-11(8-16)7-14(3,4)5/h6,11,16H,7-8H2,1-5H3,(H,15,17). The minimum absolute atomic E-state index is 0.0504. The highest BCUT2D eigenvalue weighted by molar-refractivity contribution is 5.93. The summed E-state index contributed by atoms with van der Waals surface area (Å²) in [4.78, 5) is 12.0. The van der Waals surface area contributed by atoms with Crippen molar-refractivity contribution in [3.05, 3.63) is 23.2 Å². The van der Waals surface area contributed by atoms with Crippen molar-refractivity contribution in [1.82, 2.24) is 5.32 Å². The second-order valence-corrected chi connectivity index (χ2v) is 5.99. The summed E-state index contributed by atoms with van der Waals surface area (Å²) in [6, 6.07) is 1.58. The van der Waals surface area contributed by atoms with Crippen LogP contribution in [0.4, 0.5) is 0 Å². The zero-order valence-electron chi connectivity index (χ0n) is 11.8. The van der Waals surface area contributed by atoms with Crippen LogP contribution in [0.3, 0.4) is 0 Å². The predicted octanol–water partition coefficient (Wildman–Crippen LogP) is 2.42. The highest BCUT2D eigenvalue weighted by Gasteiger charge is 2.22. The van der Waals surface area contributed by atoms with Crippen LogP contribution >= 0.6 is 0 Å². The SMILES string of the molecule is Cc1cc(C)c(C(=O)NC(CO)CC(C)(C)C)o1. The Kier molecular flexibility index (Phi) is 4.57. The molecule has 1 amide bonds. The molecule has 0 aromatic carbocycles. The fourth-order valence-corrected chi connectivity index (χ4v) is 2.02. The summed E-state index contributed by atoms with van der Waals surface area (Å²) in [6.07, 6.45) is 0.716. The van der Waals surface area contributed by atoms with Crippen molar-refractivity contribution in [3.63, 3.8) is 0 Å². The van der Waals surface area contributed by atoms with E-state index in [4.69, 9.17) is 4.42 Å². The number of hydrogen-bond acceptors (Lipinski definition) is 3. The number of hydrogen-bond donors (Lipinski definition) is 2. The molecule has 4 heteroatoms. The summed E-state index contributed by atoms with van der Waals surface area (Å²) >= 11 is 0. The van der Waals surface area contributed by atoms with Crippen LogP contribution in [0, 0.1) is 19.3 Å². The normalized spacial score (nSPS) is 13.4. The minimum Gasteiger partial charge on any atom is -0.456 e. The molecule has 0 fully saturated rings. The Morgan fingerprint density at radius 3 is 2.44 bits per heavy atom. The lowest BCUT2D eigenvalue weighted by molar-refractivity contribution is 0.0867. The first-order chi connectivity index (χ1) is 8.23. The van der Waals surface area contributed by atoms with Crippen molar-refractivity contribution < 1.29 is 14.3 Å². The van der Waals surface area contributed by atoms with E-state index < -0.39 is 0 Å². The molecule has 0 spiro atoms. The van der Waals surface area contributed by atoms with Crippen LogP contribution in [0.25, 0.3) is 0 Å². The fourth-order valence-electron chi connectivity index (χ4n) is 2.02. The topological polar surface area (TPSA) is 62.5 Å². The lowest BCUT2D eigenvalue weighted by atomic mass is 9.88. The second-order valence-electron chi connectivity index (χ2n) is 5.99. The number of aliphatic hydroxyl groups is 1. The van der Waals surface area contributed by atoms with Gasteiger partial charge in [0.2, 0.25) is 0 Å². The maximum atomic E-state index is 12.0. The van der Waals surface area contributed by atoms with Crippen molar-refractivity contribution in [3.8, 4) is 0 Å². The molecule has 1 heterocycles. The van der Waals surface area contributed by atoms with E-state index in [0.717, 1.165) is 5.56 Å². The molecule has 0 aliphatic rings. The number of rotatable bonds is 4. The van der Waals surface area contributed by atoms with Gasteiger partial charge in [0.25, 0.3) is 5.91 Å². The molecule has 1 rings (SSSR count). The number of aryl methyl sites for hydroxylation is 2. The molecule has 4 nitrogen and oxygen atoms in total. The Morgan fingerprint density at radius 1 is 1.44 bits per heavy atom. The summed E-state index contributed by atoms with van der Waals surface area (Å²) in [5, 5.41) is 12.1. The third kappa shape index (κ3) is 4.18. The molecule has 2 N–H and O–H groups in total. The van der Waals surface area contributed by atoms with Gasteiger partial charge in [-0.25, -0.2) is 0 Å².